The molecule has 0 radical (unpaired) electrons. The lowest BCUT2D eigenvalue weighted by Crippen LogP contribution is -2.04. The topological polar surface area (TPSA) is 91.3 Å². The molecule has 2 unspecified atom stereocenters. The number of rotatable bonds is 11. The third kappa shape index (κ3) is 5.95. The summed E-state index contributed by atoms with van der Waals surface area (Å²) in [6.45, 7) is 4.22. The van der Waals surface area contributed by atoms with Gasteiger partial charge in [0.25, 0.3) is 0 Å². The molecule has 0 aliphatic rings. The summed E-state index contributed by atoms with van der Waals surface area (Å²) in [7, 11) is -3.19. The van der Waals surface area contributed by atoms with Gasteiger partial charge in [0.05, 0.1) is 6.61 Å². The molecule has 32 heavy (non-hydrogen) atoms. The van der Waals surface area contributed by atoms with Gasteiger partial charge in [-0.25, -0.2) is 13.8 Å². The first-order valence-corrected chi connectivity index (χ1v) is 12.0. The first-order valence-electron chi connectivity index (χ1n) is 9.53. The largest absolute Gasteiger partial charge is 0.491 e. The van der Waals surface area contributed by atoms with Crippen molar-refractivity contribution in [2.24, 2.45) is 0 Å². The van der Waals surface area contributed by atoms with E-state index in [1.807, 2.05) is 0 Å². The van der Waals surface area contributed by atoms with Crippen LogP contribution in [0.4, 0.5) is 4.39 Å². The van der Waals surface area contributed by atoms with Gasteiger partial charge in [-0.2, -0.15) is 0 Å². The summed E-state index contributed by atoms with van der Waals surface area (Å²) in [5.74, 6) is -2.42. The van der Waals surface area contributed by atoms with Crippen LogP contribution < -0.4 is 9.26 Å². The van der Waals surface area contributed by atoms with Gasteiger partial charge in [0.2, 0.25) is 5.91 Å². The number of hydrogen-bond acceptors (Lipinski definition) is 7. The summed E-state index contributed by atoms with van der Waals surface area (Å²) in [6.07, 6.45) is 1.46. The second-order valence-electron chi connectivity index (χ2n) is 6.60. The molecule has 10 heteroatoms. The van der Waals surface area contributed by atoms with E-state index < -0.39 is 19.5 Å². The number of ether oxygens (including phenoxy) is 3. The summed E-state index contributed by atoms with van der Waals surface area (Å²) in [5.41, 5.74) is -0.0420. The van der Waals surface area contributed by atoms with Gasteiger partial charge in [-0.05, 0) is 35.7 Å². The zero-order valence-corrected chi connectivity index (χ0v) is 18.9. The van der Waals surface area contributed by atoms with Crippen molar-refractivity contribution in [2.75, 3.05) is 26.9 Å². The molecule has 7 nitrogen and oxygen atoms in total. The molecule has 3 aromatic rings. The molecule has 0 amide bonds. The molecular weight excluding hydrogens is 458 g/mol. The molecule has 0 bridgehead atoms. The van der Waals surface area contributed by atoms with Crippen LogP contribution in [0.5, 0.6) is 11.5 Å². The molecule has 170 valence electrons. The zero-order chi connectivity index (χ0) is 23.1. The normalized spacial score (nSPS) is 13.8. The van der Waals surface area contributed by atoms with Gasteiger partial charge < -0.3 is 23.6 Å². The number of fused-ring (bicyclic) bond motifs is 1. The van der Waals surface area contributed by atoms with Gasteiger partial charge in [0.1, 0.15) is 29.6 Å². The molecule has 0 saturated heterocycles. The Balaban J connectivity index is 1.76. The number of carbonyl (C=O) groups excluding carboxylic acids is 1. The van der Waals surface area contributed by atoms with Crippen molar-refractivity contribution in [3.8, 4) is 11.5 Å². The van der Waals surface area contributed by atoms with Crippen molar-refractivity contribution in [3.63, 3.8) is 0 Å². The fourth-order valence-corrected chi connectivity index (χ4v) is 4.75. The summed E-state index contributed by atoms with van der Waals surface area (Å²) >= 11 is 1.18. The third-order valence-corrected chi connectivity index (χ3v) is 6.67. The van der Waals surface area contributed by atoms with Gasteiger partial charge in [-0.1, -0.05) is 24.8 Å². The molecular formula is C22H22FO7PS. The second kappa shape index (κ2) is 10.7. The summed E-state index contributed by atoms with van der Waals surface area (Å²) in [5, 5.41) is 0.550. The van der Waals surface area contributed by atoms with E-state index in [0.717, 1.165) is 0 Å². The van der Waals surface area contributed by atoms with Crippen molar-refractivity contribution in [1.82, 2.24) is 0 Å². The number of alkyl halides is 1. The van der Waals surface area contributed by atoms with Gasteiger partial charge in [-0.3, -0.25) is 0 Å². The predicted molar refractivity (Wildman–Crippen MR) is 120 cm³/mol. The number of thiophene rings is 1. The number of hydrogen-bond donors (Lipinski definition) is 1. The Hall–Kier alpha value is -2.71. The molecule has 0 aliphatic carbocycles. The van der Waals surface area contributed by atoms with Crippen molar-refractivity contribution in [1.29, 1.82) is 0 Å². The summed E-state index contributed by atoms with van der Waals surface area (Å²) in [6, 6.07) is 12.0. The maximum atomic E-state index is 15.0. The summed E-state index contributed by atoms with van der Waals surface area (Å²) < 4.78 is 48.8. The van der Waals surface area contributed by atoms with Crippen molar-refractivity contribution < 1.29 is 37.4 Å². The molecule has 0 saturated carbocycles. The Morgan fingerprint density at radius 2 is 2.00 bits per heavy atom. The van der Waals surface area contributed by atoms with Crippen LogP contribution >= 0.6 is 18.9 Å². The Morgan fingerprint density at radius 3 is 2.75 bits per heavy atom. The van der Waals surface area contributed by atoms with E-state index in [-0.39, 0.29) is 24.5 Å². The van der Waals surface area contributed by atoms with Crippen molar-refractivity contribution in [3.05, 3.63) is 71.6 Å². The van der Waals surface area contributed by atoms with E-state index in [2.05, 4.69) is 6.58 Å². The van der Waals surface area contributed by atoms with Crippen LogP contribution in [0.2, 0.25) is 0 Å². The monoisotopic (exact) mass is 480 g/mol. The van der Waals surface area contributed by atoms with Crippen LogP contribution in [-0.4, -0.2) is 37.8 Å². The lowest BCUT2D eigenvalue weighted by atomic mass is 10.2. The average molecular weight is 480 g/mol. The van der Waals surface area contributed by atoms with Gasteiger partial charge in [-0.15, -0.1) is 11.3 Å². The van der Waals surface area contributed by atoms with E-state index >= 15 is 4.39 Å². The van der Waals surface area contributed by atoms with Crippen LogP contribution in [0, 0.1) is 0 Å². The van der Waals surface area contributed by atoms with E-state index in [4.69, 9.17) is 18.7 Å². The average Bonchev–Trinajstić information content (AvgIpc) is 3.20. The first kappa shape index (κ1) is 23.9. The Labute approximate surface area is 188 Å². The van der Waals surface area contributed by atoms with E-state index in [9.17, 15) is 14.3 Å². The minimum Gasteiger partial charge on any atom is -0.491 e. The Bertz CT molecular complexity index is 1150. The quantitative estimate of drug-likeness (QED) is 0.168. The van der Waals surface area contributed by atoms with Gasteiger partial charge in [0.15, 0.2) is 0 Å². The molecule has 2 aromatic carbocycles. The highest BCUT2D eigenvalue weighted by Crippen LogP contribution is 2.57. The number of benzene rings is 2. The van der Waals surface area contributed by atoms with Crippen LogP contribution in [0.25, 0.3) is 10.1 Å². The summed E-state index contributed by atoms with van der Waals surface area (Å²) in [4.78, 5) is 22.6. The molecule has 0 spiro atoms. The Morgan fingerprint density at radius 1 is 1.22 bits per heavy atom. The molecule has 1 N–H and O–H groups in total. The molecule has 0 fully saturated rings. The zero-order valence-electron chi connectivity index (χ0n) is 17.2. The minimum absolute atomic E-state index is 0.00254. The molecule has 3 rings (SSSR count). The number of methoxy groups -OCH3 is 1. The fraction of sp³-hybridized carbons (Fsp3) is 0.227. The fourth-order valence-electron chi connectivity index (χ4n) is 2.77. The highest BCUT2D eigenvalue weighted by atomic mass is 32.1. The number of esters is 1. The molecule has 0 aliphatic heterocycles. The molecule has 1 aromatic heterocycles. The minimum atomic E-state index is -4.73. The lowest BCUT2D eigenvalue weighted by Gasteiger charge is -2.18. The van der Waals surface area contributed by atoms with Gasteiger partial charge >= 0.3 is 13.6 Å². The highest BCUT2D eigenvalue weighted by Gasteiger charge is 2.36. The van der Waals surface area contributed by atoms with Crippen molar-refractivity contribution in [2.45, 2.75) is 5.91 Å². The highest BCUT2D eigenvalue weighted by molar-refractivity contribution is 7.53. The van der Waals surface area contributed by atoms with Crippen molar-refractivity contribution >= 4 is 35.0 Å². The SMILES string of the molecule is C=CCOC(=O)c1cc2cc(C(F)P(=O)(O)Oc3cccc(OCCOC)c3)ccc2s1. The second-order valence-corrected chi connectivity index (χ2v) is 9.45. The lowest BCUT2D eigenvalue weighted by molar-refractivity contribution is 0.0555. The standard InChI is InChI=1S/C22H22FO7PS/c1-3-9-29-22(24)20-13-16-12-15(7-8-19(16)32-20)21(23)31(25,26)30-18-6-4-5-17(14-18)28-11-10-27-2/h3-8,12-14,21H,1,9-11H2,2H3,(H,25,26). The van der Waals surface area contributed by atoms with Crippen LogP contribution in [0.1, 0.15) is 21.1 Å². The number of halogens is 1. The van der Waals surface area contributed by atoms with Crippen LogP contribution in [0.15, 0.2) is 61.2 Å². The van der Waals surface area contributed by atoms with E-state index in [0.29, 0.717) is 27.3 Å². The van der Waals surface area contributed by atoms with Gasteiger partial charge in [0, 0.05) is 23.4 Å². The predicted octanol–water partition coefficient (Wildman–Crippen LogP) is 5.50. The first-order chi connectivity index (χ1) is 15.3. The smallest absolute Gasteiger partial charge is 0.415 e. The molecule has 1 heterocycles. The maximum absolute atomic E-state index is 15.0. The third-order valence-electron chi connectivity index (χ3n) is 4.23. The van der Waals surface area contributed by atoms with E-state index in [1.165, 1.54) is 48.8 Å². The maximum Gasteiger partial charge on any atom is 0.415 e. The Kier molecular flexibility index (Phi) is 8.04. The van der Waals surface area contributed by atoms with Crippen LogP contribution in [0.3, 0.4) is 0 Å². The molecule has 2 atom stereocenters. The number of carbonyl (C=O) groups is 1. The van der Waals surface area contributed by atoms with E-state index in [1.54, 1.807) is 24.3 Å². The van der Waals surface area contributed by atoms with Crippen LogP contribution in [-0.2, 0) is 14.0 Å².